The Labute approximate surface area is 112 Å². The fraction of sp³-hybridized carbons (Fsp3) is 0.357. The molecule has 0 fully saturated rings. The Morgan fingerprint density at radius 1 is 1.00 bits per heavy atom. The SMILES string of the molecule is COC(=O)/C=C/Cc1cc(OC)c(OC)cc1OC. The number of carbonyl (C=O) groups is 1. The van der Waals surface area contributed by atoms with E-state index < -0.39 is 0 Å². The van der Waals surface area contributed by atoms with Crippen LogP contribution in [0, 0.1) is 0 Å². The van der Waals surface area contributed by atoms with E-state index in [2.05, 4.69) is 4.74 Å². The number of hydrogen-bond donors (Lipinski definition) is 0. The molecule has 0 heterocycles. The highest BCUT2D eigenvalue weighted by molar-refractivity contribution is 5.81. The topological polar surface area (TPSA) is 54.0 Å². The van der Waals surface area contributed by atoms with E-state index >= 15 is 0 Å². The molecule has 0 aliphatic rings. The fourth-order valence-electron chi connectivity index (χ4n) is 1.60. The fourth-order valence-corrected chi connectivity index (χ4v) is 1.60. The second kappa shape index (κ2) is 7.31. The van der Waals surface area contributed by atoms with Gasteiger partial charge in [-0.1, -0.05) is 6.08 Å². The molecule has 0 saturated carbocycles. The van der Waals surface area contributed by atoms with Crippen LogP contribution in [0.4, 0.5) is 0 Å². The molecule has 19 heavy (non-hydrogen) atoms. The normalized spacial score (nSPS) is 10.3. The summed E-state index contributed by atoms with van der Waals surface area (Å²) >= 11 is 0. The van der Waals surface area contributed by atoms with E-state index in [0.29, 0.717) is 23.7 Å². The van der Waals surface area contributed by atoms with Crippen LogP contribution < -0.4 is 14.2 Å². The largest absolute Gasteiger partial charge is 0.496 e. The molecule has 0 atom stereocenters. The van der Waals surface area contributed by atoms with E-state index in [1.807, 2.05) is 6.07 Å². The molecule has 0 bridgehead atoms. The van der Waals surface area contributed by atoms with Crippen molar-refractivity contribution in [2.75, 3.05) is 28.4 Å². The molecule has 0 spiro atoms. The molecule has 1 rings (SSSR count). The van der Waals surface area contributed by atoms with E-state index in [4.69, 9.17) is 14.2 Å². The van der Waals surface area contributed by atoms with Gasteiger partial charge in [0, 0.05) is 17.7 Å². The number of esters is 1. The molecule has 0 N–H and O–H groups in total. The zero-order valence-electron chi connectivity index (χ0n) is 11.6. The van der Waals surface area contributed by atoms with E-state index in [9.17, 15) is 4.79 Å². The summed E-state index contributed by atoms with van der Waals surface area (Å²) in [6.45, 7) is 0. The molecular formula is C14H18O5. The van der Waals surface area contributed by atoms with Gasteiger partial charge in [0.25, 0.3) is 0 Å². The smallest absolute Gasteiger partial charge is 0.330 e. The minimum atomic E-state index is -0.389. The first-order chi connectivity index (χ1) is 9.15. The highest BCUT2D eigenvalue weighted by Crippen LogP contribution is 2.34. The summed E-state index contributed by atoms with van der Waals surface area (Å²) in [7, 11) is 6.05. The lowest BCUT2D eigenvalue weighted by atomic mass is 10.1. The Balaban J connectivity index is 2.98. The highest BCUT2D eigenvalue weighted by Gasteiger charge is 2.10. The third-order valence-corrected chi connectivity index (χ3v) is 2.58. The molecule has 0 radical (unpaired) electrons. The van der Waals surface area contributed by atoms with Crippen molar-refractivity contribution < 1.29 is 23.7 Å². The summed E-state index contributed by atoms with van der Waals surface area (Å²) in [5, 5.41) is 0. The summed E-state index contributed by atoms with van der Waals surface area (Å²) in [5.74, 6) is 1.50. The summed E-state index contributed by atoms with van der Waals surface area (Å²) in [6.07, 6.45) is 3.60. The number of ether oxygens (including phenoxy) is 4. The number of methoxy groups -OCH3 is 4. The van der Waals surface area contributed by atoms with Crippen LogP contribution >= 0.6 is 0 Å². The van der Waals surface area contributed by atoms with Crippen LogP contribution in [0.2, 0.25) is 0 Å². The Kier molecular flexibility index (Phi) is 5.73. The highest BCUT2D eigenvalue weighted by atomic mass is 16.5. The first kappa shape index (κ1) is 14.9. The van der Waals surface area contributed by atoms with E-state index in [1.165, 1.54) is 13.2 Å². The standard InChI is InChI=1S/C14H18O5/c1-16-11-9-13(18-3)12(17-2)8-10(11)6-5-7-14(15)19-4/h5,7-9H,6H2,1-4H3/b7-5+. The number of hydrogen-bond acceptors (Lipinski definition) is 5. The zero-order valence-corrected chi connectivity index (χ0v) is 11.6. The van der Waals surface area contributed by atoms with Crippen LogP contribution in [0.25, 0.3) is 0 Å². The molecule has 104 valence electrons. The van der Waals surface area contributed by atoms with Crippen molar-refractivity contribution in [3.8, 4) is 17.2 Å². The third kappa shape index (κ3) is 3.91. The van der Waals surface area contributed by atoms with Crippen LogP contribution in [0.5, 0.6) is 17.2 Å². The first-order valence-corrected chi connectivity index (χ1v) is 5.69. The average Bonchev–Trinajstić information content (AvgIpc) is 2.46. The number of benzene rings is 1. The third-order valence-electron chi connectivity index (χ3n) is 2.58. The molecule has 0 unspecified atom stereocenters. The lowest BCUT2D eigenvalue weighted by Gasteiger charge is -2.13. The van der Waals surface area contributed by atoms with Crippen molar-refractivity contribution in [2.45, 2.75) is 6.42 Å². The number of rotatable bonds is 6. The van der Waals surface area contributed by atoms with Gasteiger partial charge in [-0.3, -0.25) is 0 Å². The Hall–Kier alpha value is -2.17. The van der Waals surface area contributed by atoms with Gasteiger partial charge in [-0.05, 0) is 12.5 Å². The van der Waals surface area contributed by atoms with Gasteiger partial charge < -0.3 is 18.9 Å². The Bertz CT molecular complexity index is 465. The van der Waals surface area contributed by atoms with Gasteiger partial charge in [0.2, 0.25) is 0 Å². The Morgan fingerprint density at radius 2 is 1.58 bits per heavy atom. The minimum Gasteiger partial charge on any atom is -0.496 e. The van der Waals surface area contributed by atoms with Gasteiger partial charge in [-0.2, -0.15) is 0 Å². The predicted octanol–water partition coefficient (Wildman–Crippen LogP) is 1.98. The molecule has 5 nitrogen and oxygen atoms in total. The van der Waals surface area contributed by atoms with Crippen LogP contribution in [-0.4, -0.2) is 34.4 Å². The minimum absolute atomic E-state index is 0.389. The molecule has 1 aromatic carbocycles. The summed E-state index contributed by atoms with van der Waals surface area (Å²) in [5.41, 5.74) is 0.889. The quantitative estimate of drug-likeness (QED) is 0.582. The molecule has 1 aromatic rings. The first-order valence-electron chi connectivity index (χ1n) is 5.69. The van der Waals surface area contributed by atoms with Gasteiger partial charge in [-0.25, -0.2) is 4.79 Å². The lowest BCUT2D eigenvalue weighted by molar-refractivity contribution is -0.134. The van der Waals surface area contributed by atoms with Gasteiger partial charge in [-0.15, -0.1) is 0 Å². The molecule has 5 heteroatoms. The molecule has 0 saturated heterocycles. The summed E-state index contributed by atoms with van der Waals surface area (Å²) in [6, 6.07) is 3.57. The predicted molar refractivity (Wildman–Crippen MR) is 71.0 cm³/mol. The molecular weight excluding hydrogens is 248 g/mol. The van der Waals surface area contributed by atoms with Gasteiger partial charge in [0.15, 0.2) is 11.5 Å². The summed E-state index contributed by atoms with van der Waals surface area (Å²) < 4.78 is 20.2. The molecule has 0 aliphatic heterocycles. The summed E-state index contributed by atoms with van der Waals surface area (Å²) in [4.78, 5) is 11.0. The van der Waals surface area contributed by atoms with E-state index in [-0.39, 0.29) is 5.97 Å². The van der Waals surface area contributed by atoms with Crippen LogP contribution in [0.3, 0.4) is 0 Å². The monoisotopic (exact) mass is 266 g/mol. The molecule has 0 aromatic heterocycles. The van der Waals surface area contributed by atoms with E-state index in [1.54, 1.807) is 33.5 Å². The second-order valence-corrected chi connectivity index (χ2v) is 3.65. The van der Waals surface area contributed by atoms with Crippen molar-refractivity contribution in [1.29, 1.82) is 0 Å². The zero-order chi connectivity index (χ0) is 14.3. The average molecular weight is 266 g/mol. The van der Waals surface area contributed by atoms with Gasteiger partial charge in [0.05, 0.1) is 28.4 Å². The van der Waals surface area contributed by atoms with E-state index in [0.717, 1.165) is 5.56 Å². The molecule has 0 amide bonds. The van der Waals surface area contributed by atoms with Gasteiger partial charge in [0.1, 0.15) is 5.75 Å². The van der Waals surface area contributed by atoms with Crippen molar-refractivity contribution >= 4 is 5.97 Å². The maximum Gasteiger partial charge on any atom is 0.330 e. The maximum atomic E-state index is 11.0. The van der Waals surface area contributed by atoms with Crippen molar-refractivity contribution in [3.63, 3.8) is 0 Å². The number of carbonyl (C=O) groups excluding carboxylic acids is 1. The maximum absolute atomic E-state index is 11.0. The second-order valence-electron chi connectivity index (χ2n) is 3.65. The lowest BCUT2D eigenvalue weighted by Crippen LogP contribution is -1.97. The van der Waals surface area contributed by atoms with Crippen molar-refractivity contribution in [2.24, 2.45) is 0 Å². The van der Waals surface area contributed by atoms with Crippen LogP contribution in [0.1, 0.15) is 5.56 Å². The van der Waals surface area contributed by atoms with Crippen LogP contribution in [0.15, 0.2) is 24.3 Å². The van der Waals surface area contributed by atoms with Crippen molar-refractivity contribution in [3.05, 3.63) is 29.8 Å². The number of allylic oxidation sites excluding steroid dienone is 1. The molecule has 0 aliphatic carbocycles. The van der Waals surface area contributed by atoms with Crippen molar-refractivity contribution in [1.82, 2.24) is 0 Å². The Morgan fingerprint density at radius 3 is 2.11 bits per heavy atom. The van der Waals surface area contributed by atoms with Crippen LogP contribution in [-0.2, 0) is 16.0 Å². The van der Waals surface area contributed by atoms with Gasteiger partial charge >= 0.3 is 5.97 Å².